The van der Waals surface area contributed by atoms with E-state index in [0.717, 1.165) is 5.69 Å². The van der Waals surface area contributed by atoms with Gasteiger partial charge in [0.2, 0.25) is 0 Å². The van der Waals surface area contributed by atoms with Crippen molar-refractivity contribution in [2.24, 2.45) is 7.05 Å². The Morgan fingerprint density at radius 2 is 2.24 bits per heavy atom. The smallest absolute Gasteiger partial charge is 0.323 e. The summed E-state index contributed by atoms with van der Waals surface area (Å²) in [6, 6.07) is 1.75. The first-order valence-electron chi connectivity index (χ1n) is 7.62. The molecule has 2 rings (SSSR count). The number of likely N-dealkylation sites (N-methyl/N-ethyl adjacent to an activating group) is 1. The number of urea groups is 1. The lowest BCUT2D eigenvalue weighted by atomic mass is 9.83. The number of nitrogens with zero attached hydrogens (tertiary/aromatic N) is 3. The van der Waals surface area contributed by atoms with E-state index >= 15 is 0 Å². The monoisotopic (exact) mass is 294 g/mol. The molecule has 118 valence electrons. The highest BCUT2D eigenvalue weighted by molar-refractivity contribution is 5.88. The maximum atomic E-state index is 12.3. The van der Waals surface area contributed by atoms with E-state index in [2.05, 4.69) is 10.4 Å². The standard InChI is InChI=1S/C15H26N4O2/c1-5-19(10-15(2,3)21)14(20)16-13-9-12(17-18(13)4)11-7-6-8-11/h9,11,21H,5-8,10H2,1-4H3,(H,16,20). The zero-order chi connectivity index (χ0) is 15.6. The number of carbonyl (C=O) groups is 1. The van der Waals surface area contributed by atoms with Gasteiger partial charge < -0.3 is 10.0 Å². The van der Waals surface area contributed by atoms with Crippen LogP contribution >= 0.6 is 0 Å². The fourth-order valence-electron chi connectivity index (χ4n) is 2.49. The van der Waals surface area contributed by atoms with Gasteiger partial charge in [0.1, 0.15) is 5.82 Å². The lowest BCUT2D eigenvalue weighted by Gasteiger charge is -2.28. The molecule has 0 radical (unpaired) electrons. The van der Waals surface area contributed by atoms with Gasteiger partial charge in [0.25, 0.3) is 0 Å². The lowest BCUT2D eigenvalue weighted by Crippen LogP contribution is -2.44. The van der Waals surface area contributed by atoms with Crippen molar-refractivity contribution < 1.29 is 9.90 Å². The second-order valence-electron chi connectivity index (χ2n) is 6.46. The second-order valence-corrected chi connectivity index (χ2v) is 6.46. The molecule has 1 heterocycles. The Morgan fingerprint density at radius 3 is 2.71 bits per heavy atom. The van der Waals surface area contributed by atoms with Gasteiger partial charge in [-0.15, -0.1) is 0 Å². The molecule has 0 spiro atoms. The third-order valence-corrected chi connectivity index (χ3v) is 3.90. The highest BCUT2D eigenvalue weighted by Gasteiger charge is 2.25. The molecule has 21 heavy (non-hydrogen) atoms. The third-order valence-electron chi connectivity index (χ3n) is 3.90. The van der Waals surface area contributed by atoms with Gasteiger partial charge in [-0.05, 0) is 33.6 Å². The van der Waals surface area contributed by atoms with Crippen molar-refractivity contribution in [3.05, 3.63) is 11.8 Å². The van der Waals surface area contributed by atoms with Crippen molar-refractivity contribution in [3.63, 3.8) is 0 Å². The first kappa shape index (κ1) is 15.8. The van der Waals surface area contributed by atoms with Crippen molar-refractivity contribution in [1.82, 2.24) is 14.7 Å². The molecule has 1 saturated carbocycles. The average molecular weight is 294 g/mol. The molecular weight excluding hydrogens is 268 g/mol. The minimum Gasteiger partial charge on any atom is -0.389 e. The van der Waals surface area contributed by atoms with Crippen LogP contribution in [0.2, 0.25) is 0 Å². The van der Waals surface area contributed by atoms with Gasteiger partial charge in [-0.3, -0.25) is 10.00 Å². The van der Waals surface area contributed by atoms with Crippen LogP contribution in [-0.4, -0.2) is 44.5 Å². The molecule has 1 aliphatic rings. The summed E-state index contributed by atoms with van der Waals surface area (Å²) in [7, 11) is 1.84. The van der Waals surface area contributed by atoms with Gasteiger partial charge in [-0.25, -0.2) is 4.79 Å². The van der Waals surface area contributed by atoms with Crippen LogP contribution in [0.4, 0.5) is 10.6 Å². The molecule has 1 fully saturated rings. The van der Waals surface area contributed by atoms with Crippen LogP contribution in [0.15, 0.2) is 6.07 Å². The summed E-state index contributed by atoms with van der Waals surface area (Å²) >= 11 is 0. The minimum atomic E-state index is -0.906. The summed E-state index contributed by atoms with van der Waals surface area (Å²) in [5.74, 6) is 1.25. The van der Waals surface area contributed by atoms with Crippen LogP contribution in [0.1, 0.15) is 51.6 Å². The Kier molecular flexibility index (Phi) is 4.56. The number of amides is 2. The summed E-state index contributed by atoms with van der Waals surface area (Å²) in [6.45, 7) is 6.13. The highest BCUT2D eigenvalue weighted by Crippen LogP contribution is 2.36. The molecule has 0 atom stereocenters. The quantitative estimate of drug-likeness (QED) is 0.875. The topological polar surface area (TPSA) is 70.4 Å². The number of aromatic nitrogens is 2. The van der Waals surface area contributed by atoms with E-state index in [9.17, 15) is 9.90 Å². The molecule has 0 aliphatic heterocycles. The molecule has 6 heteroatoms. The molecule has 2 N–H and O–H groups in total. The van der Waals surface area contributed by atoms with Crippen molar-refractivity contribution in [2.45, 2.75) is 51.6 Å². The number of carbonyl (C=O) groups excluding carboxylic acids is 1. The van der Waals surface area contributed by atoms with Crippen LogP contribution in [-0.2, 0) is 7.05 Å². The number of rotatable bonds is 5. The lowest BCUT2D eigenvalue weighted by molar-refractivity contribution is 0.0501. The molecule has 1 aromatic rings. The van der Waals surface area contributed by atoms with E-state index in [0.29, 0.717) is 24.8 Å². The minimum absolute atomic E-state index is 0.206. The molecule has 0 aromatic carbocycles. The van der Waals surface area contributed by atoms with Gasteiger partial charge in [0, 0.05) is 25.6 Å². The Morgan fingerprint density at radius 1 is 1.57 bits per heavy atom. The maximum absolute atomic E-state index is 12.3. The zero-order valence-corrected chi connectivity index (χ0v) is 13.4. The van der Waals surface area contributed by atoms with Gasteiger partial charge in [0.05, 0.1) is 17.8 Å². The van der Waals surface area contributed by atoms with Crippen LogP contribution in [0, 0.1) is 0 Å². The summed E-state index contributed by atoms with van der Waals surface area (Å²) in [6.07, 6.45) is 3.63. The van der Waals surface area contributed by atoms with Crippen molar-refractivity contribution >= 4 is 11.8 Å². The molecule has 1 aromatic heterocycles. The highest BCUT2D eigenvalue weighted by atomic mass is 16.3. The van der Waals surface area contributed by atoms with Crippen LogP contribution in [0.3, 0.4) is 0 Å². The second kappa shape index (κ2) is 6.05. The predicted molar refractivity (Wildman–Crippen MR) is 82.4 cm³/mol. The van der Waals surface area contributed by atoms with Crippen LogP contribution in [0.25, 0.3) is 0 Å². The first-order chi connectivity index (χ1) is 9.80. The average Bonchev–Trinajstić information content (AvgIpc) is 2.63. The molecule has 0 saturated heterocycles. The Hall–Kier alpha value is -1.56. The third kappa shape index (κ3) is 3.97. The number of nitrogens with one attached hydrogen (secondary N) is 1. The van der Waals surface area contributed by atoms with E-state index in [1.807, 2.05) is 20.0 Å². The van der Waals surface area contributed by atoms with Gasteiger partial charge in [0.15, 0.2) is 0 Å². The number of hydrogen-bond acceptors (Lipinski definition) is 3. The number of anilines is 1. The van der Waals surface area contributed by atoms with Crippen LogP contribution in [0.5, 0.6) is 0 Å². The Labute approximate surface area is 126 Å². The molecule has 2 amide bonds. The number of hydrogen-bond donors (Lipinski definition) is 2. The summed E-state index contributed by atoms with van der Waals surface area (Å²) in [5.41, 5.74) is 0.154. The normalized spacial score (nSPS) is 15.7. The summed E-state index contributed by atoms with van der Waals surface area (Å²) in [5, 5.41) is 17.2. The fourth-order valence-corrected chi connectivity index (χ4v) is 2.49. The van der Waals surface area contributed by atoms with E-state index in [4.69, 9.17) is 0 Å². The van der Waals surface area contributed by atoms with E-state index in [1.165, 1.54) is 19.3 Å². The predicted octanol–water partition coefficient (Wildman–Crippen LogP) is 2.31. The van der Waals surface area contributed by atoms with Crippen molar-refractivity contribution in [1.29, 1.82) is 0 Å². The molecule has 0 unspecified atom stereocenters. The summed E-state index contributed by atoms with van der Waals surface area (Å²) < 4.78 is 1.71. The van der Waals surface area contributed by atoms with Crippen molar-refractivity contribution in [2.75, 3.05) is 18.4 Å². The molecule has 0 bridgehead atoms. The molecule has 1 aliphatic carbocycles. The fraction of sp³-hybridized carbons (Fsp3) is 0.733. The van der Waals surface area contributed by atoms with Gasteiger partial charge >= 0.3 is 6.03 Å². The van der Waals surface area contributed by atoms with Crippen LogP contribution < -0.4 is 5.32 Å². The van der Waals surface area contributed by atoms with Gasteiger partial charge in [-0.2, -0.15) is 5.10 Å². The zero-order valence-electron chi connectivity index (χ0n) is 13.4. The molecule has 6 nitrogen and oxygen atoms in total. The maximum Gasteiger partial charge on any atom is 0.323 e. The Balaban J connectivity index is 2.02. The summed E-state index contributed by atoms with van der Waals surface area (Å²) in [4.78, 5) is 13.9. The van der Waals surface area contributed by atoms with E-state index < -0.39 is 5.60 Å². The number of aliphatic hydroxyl groups is 1. The number of aryl methyl sites for hydroxylation is 1. The van der Waals surface area contributed by atoms with Crippen molar-refractivity contribution in [3.8, 4) is 0 Å². The Bertz CT molecular complexity index is 500. The van der Waals surface area contributed by atoms with Gasteiger partial charge in [-0.1, -0.05) is 6.42 Å². The largest absolute Gasteiger partial charge is 0.389 e. The van der Waals surface area contributed by atoms with E-state index in [1.54, 1.807) is 23.4 Å². The SMILES string of the molecule is CCN(CC(C)(C)O)C(=O)Nc1cc(C2CCC2)nn1C. The van der Waals surface area contributed by atoms with E-state index in [-0.39, 0.29) is 6.03 Å². The molecular formula is C15H26N4O2. The first-order valence-corrected chi connectivity index (χ1v) is 7.62.